The number of aliphatic imine (C=N–C) groups is 1. The number of halogens is 5. The fourth-order valence-electron chi connectivity index (χ4n) is 2.13. The Kier molecular flexibility index (Phi) is 7.54. The minimum Gasteiger partial charge on any atom is -0.325 e. The number of H-pyrrole nitrogens is 1. The molecule has 0 aliphatic rings. The molecular weight excluding hydrogens is 426 g/mol. The number of aromatic amines is 1. The number of aromatic nitrogens is 2. The van der Waals surface area contributed by atoms with Crippen LogP contribution in [0.2, 0.25) is 5.02 Å². The van der Waals surface area contributed by atoms with Crippen molar-refractivity contribution in [3.8, 4) is 0 Å². The van der Waals surface area contributed by atoms with Crippen molar-refractivity contribution in [1.82, 2.24) is 15.5 Å². The van der Waals surface area contributed by atoms with E-state index >= 15 is 0 Å². The number of hydrogen-bond donors (Lipinski definition) is 3. The summed E-state index contributed by atoms with van der Waals surface area (Å²) in [6.07, 6.45) is 1.30. The lowest BCUT2D eigenvalue weighted by Gasteiger charge is -2.12. The van der Waals surface area contributed by atoms with E-state index in [0.29, 0.717) is 6.07 Å². The highest BCUT2D eigenvalue weighted by molar-refractivity contribution is 6.31. The summed E-state index contributed by atoms with van der Waals surface area (Å²) in [5.74, 6) is -1.96. The lowest BCUT2D eigenvalue weighted by Crippen LogP contribution is -2.36. The monoisotopic (exact) mass is 441 g/mol. The van der Waals surface area contributed by atoms with E-state index in [0.717, 1.165) is 12.1 Å². The van der Waals surface area contributed by atoms with E-state index in [-0.39, 0.29) is 28.1 Å². The molecule has 0 aliphatic heterocycles. The van der Waals surface area contributed by atoms with Gasteiger partial charge in [0.25, 0.3) is 5.91 Å². The number of benzene rings is 1. The second-order valence-corrected chi connectivity index (χ2v) is 6.11. The maximum absolute atomic E-state index is 13.6. The highest BCUT2D eigenvalue weighted by Gasteiger charge is 2.33. The second-order valence-electron chi connectivity index (χ2n) is 5.67. The molecule has 11 heteroatoms. The van der Waals surface area contributed by atoms with Crippen LogP contribution in [0, 0.1) is 5.82 Å². The number of alkyl halides is 3. The summed E-state index contributed by atoms with van der Waals surface area (Å²) in [5.41, 5.74) is -0.794. The van der Waals surface area contributed by atoms with Crippen molar-refractivity contribution >= 4 is 35.0 Å². The number of hydrogen-bond acceptors (Lipinski definition) is 3. The van der Waals surface area contributed by atoms with Crippen LogP contribution in [0.15, 0.2) is 65.7 Å². The maximum atomic E-state index is 13.6. The minimum atomic E-state index is -4.65. The van der Waals surface area contributed by atoms with Crippen LogP contribution in [0.4, 0.5) is 29.1 Å². The Hall–Kier alpha value is -3.40. The van der Waals surface area contributed by atoms with Gasteiger partial charge in [-0.15, -0.1) is 0 Å². The predicted octanol–water partition coefficient (Wildman–Crippen LogP) is 5.13. The van der Waals surface area contributed by atoms with Crippen molar-refractivity contribution in [2.75, 3.05) is 5.32 Å². The van der Waals surface area contributed by atoms with Gasteiger partial charge in [0.05, 0.1) is 0 Å². The van der Waals surface area contributed by atoms with E-state index in [1.807, 2.05) is 5.10 Å². The summed E-state index contributed by atoms with van der Waals surface area (Å²) in [7, 11) is 0. The number of allylic oxidation sites excluding steroid dienone is 3. The smallest absolute Gasteiger partial charge is 0.325 e. The standard InChI is InChI=1S/C19H16ClF4N5O/c1-3-5-6-11(4-2)17(30)27-18(25-14-8-12(20)7-13(21)9-14)26-16-10-15(28-29-16)19(22,23)24/h3-10H,1H2,2H3,(H3,25,26,27,28,29,30)/b6-5-,11-4+. The SMILES string of the molecule is C=C/C=C\C(=C/C)C(=O)NC(=Nc1cc(C(F)(F)F)[nH]n1)Nc1cc(F)cc(Cl)c1. The lowest BCUT2D eigenvalue weighted by molar-refractivity contribution is -0.141. The predicted molar refractivity (Wildman–Crippen MR) is 107 cm³/mol. The summed E-state index contributed by atoms with van der Waals surface area (Å²) in [4.78, 5) is 16.4. The quantitative estimate of drug-likeness (QED) is 0.198. The third-order valence-corrected chi connectivity index (χ3v) is 3.66. The molecule has 3 N–H and O–H groups in total. The van der Waals surface area contributed by atoms with E-state index in [4.69, 9.17) is 11.6 Å². The third-order valence-electron chi connectivity index (χ3n) is 3.44. The Balaban J connectivity index is 2.38. The van der Waals surface area contributed by atoms with Gasteiger partial charge in [-0.3, -0.25) is 15.2 Å². The average Bonchev–Trinajstić information content (AvgIpc) is 3.10. The summed E-state index contributed by atoms with van der Waals surface area (Å²) < 4.78 is 51.9. The Morgan fingerprint density at radius 3 is 2.60 bits per heavy atom. The normalized spacial score (nSPS) is 12.9. The van der Waals surface area contributed by atoms with Crippen molar-refractivity contribution in [2.45, 2.75) is 13.1 Å². The van der Waals surface area contributed by atoms with E-state index in [2.05, 4.69) is 27.3 Å². The van der Waals surface area contributed by atoms with Gasteiger partial charge in [-0.25, -0.2) is 4.39 Å². The van der Waals surface area contributed by atoms with Gasteiger partial charge >= 0.3 is 6.18 Å². The maximum Gasteiger partial charge on any atom is 0.432 e. The van der Waals surface area contributed by atoms with Gasteiger partial charge in [0, 0.05) is 22.3 Å². The molecular formula is C19H16ClF4N5O. The molecule has 158 valence electrons. The number of nitrogens with zero attached hydrogens (tertiary/aromatic N) is 2. The molecule has 0 spiro atoms. The number of carbonyl (C=O) groups is 1. The molecule has 30 heavy (non-hydrogen) atoms. The molecule has 0 radical (unpaired) electrons. The molecule has 1 aromatic carbocycles. The minimum absolute atomic E-state index is 0.0605. The number of anilines is 1. The summed E-state index contributed by atoms with van der Waals surface area (Å²) >= 11 is 5.81. The zero-order chi connectivity index (χ0) is 22.3. The van der Waals surface area contributed by atoms with Crippen LogP contribution < -0.4 is 10.6 Å². The molecule has 2 rings (SSSR count). The van der Waals surface area contributed by atoms with Gasteiger partial charge in [0.1, 0.15) is 11.5 Å². The lowest BCUT2D eigenvalue weighted by atomic mass is 10.2. The van der Waals surface area contributed by atoms with E-state index in [9.17, 15) is 22.4 Å². The molecule has 1 amide bonds. The first-order valence-electron chi connectivity index (χ1n) is 8.33. The summed E-state index contributed by atoms with van der Waals surface area (Å²) in [6.45, 7) is 5.12. The van der Waals surface area contributed by atoms with E-state index < -0.39 is 23.6 Å². The third kappa shape index (κ3) is 6.59. The van der Waals surface area contributed by atoms with Gasteiger partial charge in [-0.05, 0) is 31.2 Å². The number of carbonyl (C=O) groups excluding carboxylic acids is 1. The van der Waals surface area contributed by atoms with Crippen molar-refractivity contribution in [3.63, 3.8) is 0 Å². The molecule has 0 bridgehead atoms. The van der Waals surface area contributed by atoms with Crippen LogP contribution in [0.5, 0.6) is 0 Å². The van der Waals surface area contributed by atoms with Crippen molar-refractivity contribution in [3.05, 3.63) is 77.3 Å². The number of guanidine groups is 1. The van der Waals surface area contributed by atoms with Crippen LogP contribution in [0.1, 0.15) is 12.6 Å². The summed E-state index contributed by atoms with van der Waals surface area (Å²) in [6, 6.07) is 4.11. The first-order chi connectivity index (χ1) is 14.1. The molecule has 1 aromatic heterocycles. The van der Waals surface area contributed by atoms with Crippen LogP contribution in [-0.4, -0.2) is 22.1 Å². The highest BCUT2D eigenvalue weighted by Crippen LogP contribution is 2.29. The second kappa shape index (κ2) is 9.88. The first kappa shape index (κ1) is 22.9. The largest absolute Gasteiger partial charge is 0.432 e. The molecule has 0 aliphatic carbocycles. The zero-order valence-corrected chi connectivity index (χ0v) is 16.3. The Bertz CT molecular complexity index is 1000. The molecule has 0 fully saturated rings. The van der Waals surface area contributed by atoms with Crippen LogP contribution in [0.25, 0.3) is 0 Å². The van der Waals surface area contributed by atoms with Crippen LogP contribution in [0.3, 0.4) is 0 Å². The fourth-order valence-corrected chi connectivity index (χ4v) is 2.35. The van der Waals surface area contributed by atoms with Crippen molar-refractivity contribution in [1.29, 1.82) is 0 Å². The van der Waals surface area contributed by atoms with Gasteiger partial charge in [0.2, 0.25) is 5.96 Å². The van der Waals surface area contributed by atoms with Crippen molar-refractivity contribution in [2.24, 2.45) is 4.99 Å². The molecule has 0 saturated carbocycles. The fraction of sp³-hybridized carbons (Fsp3) is 0.105. The van der Waals surface area contributed by atoms with Gasteiger partial charge in [-0.1, -0.05) is 36.4 Å². The number of amides is 1. The summed E-state index contributed by atoms with van der Waals surface area (Å²) in [5, 5.41) is 10.3. The number of nitrogens with one attached hydrogen (secondary N) is 3. The Morgan fingerprint density at radius 1 is 1.30 bits per heavy atom. The Labute approximate surface area is 174 Å². The van der Waals surface area contributed by atoms with Gasteiger partial charge < -0.3 is 5.32 Å². The first-order valence-corrected chi connectivity index (χ1v) is 8.71. The van der Waals surface area contributed by atoms with E-state index in [1.54, 1.807) is 6.92 Å². The molecule has 6 nitrogen and oxygen atoms in total. The molecule has 0 saturated heterocycles. The molecule has 1 heterocycles. The molecule has 0 unspecified atom stereocenters. The van der Waals surface area contributed by atoms with Crippen LogP contribution >= 0.6 is 11.6 Å². The molecule has 0 atom stereocenters. The molecule has 2 aromatic rings. The number of rotatable bonds is 5. The van der Waals surface area contributed by atoms with Gasteiger partial charge in [0.15, 0.2) is 5.82 Å². The zero-order valence-electron chi connectivity index (χ0n) is 15.5. The Morgan fingerprint density at radius 2 is 2.03 bits per heavy atom. The van der Waals surface area contributed by atoms with E-state index in [1.165, 1.54) is 30.4 Å². The highest BCUT2D eigenvalue weighted by atomic mass is 35.5. The van der Waals surface area contributed by atoms with Gasteiger partial charge in [-0.2, -0.15) is 23.3 Å². The van der Waals surface area contributed by atoms with Crippen LogP contribution in [-0.2, 0) is 11.0 Å². The average molecular weight is 442 g/mol. The van der Waals surface area contributed by atoms with Crippen molar-refractivity contribution < 1.29 is 22.4 Å². The topological polar surface area (TPSA) is 82.2 Å².